The topological polar surface area (TPSA) is 252 Å². The predicted molar refractivity (Wildman–Crippen MR) is 152 cm³/mol. The highest BCUT2D eigenvalue weighted by atomic mass is 16.5. The van der Waals surface area contributed by atoms with Crippen LogP contribution in [0.5, 0.6) is 0 Å². The van der Waals surface area contributed by atoms with Crippen molar-refractivity contribution in [1.82, 2.24) is 11.5 Å². The van der Waals surface area contributed by atoms with E-state index >= 15 is 0 Å². The molecule has 0 aliphatic carbocycles. The maximum atomic E-state index is 10.3. The summed E-state index contributed by atoms with van der Waals surface area (Å²) < 4.78 is 9.11. The molecule has 0 aliphatic rings. The minimum Gasteiger partial charge on any atom is -0.478 e. The van der Waals surface area contributed by atoms with Crippen LogP contribution in [0.4, 0.5) is 0 Å². The lowest BCUT2D eigenvalue weighted by molar-refractivity contribution is -0.138. The van der Waals surface area contributed by atoms with Crippen LogP contribution in [0.25, 0.3) is 0 Å². The van der Waals surface area contributed by atoms with Gasteiger partial charge in [0.1, 0.15) is 6.73 Å². The molecule has 0 rings (SSSR count). The summed E-state index contributed by atoms with van der Waals surface area (Å²) in [6.07, 6.45) is 5.66. The quantitative estimate of drug-likeness (QED) is 0.0799. The van der Waals surface area contributed by atoms with E-state index in [1.165, 1.54) is 19.9 Å². The summed E-state index contributed by atoms with van der Waals surface area (Å²) in [5, 5.41) is 41.6. The van der Waals surface area contributed by atoms with Crippen molar-refractivity contribution in [2.75, 3.05) is 26.6 Å². The Balaban J connectivity index is -0.0000000658. The molecule has 1 atom stereocenters. The van der Waals surface area contributed by atoms with Gasteiger partial charge in [-0.2, -0.15) is 0 Å². The van der Waals surface area contributed by atoms with E-state index in [-0.39, 0.29) is 42.9 Å². The molecule has 0 heterocycles. The summed E-state index contributed by atoms with van der Waals surface area (Å²) in [5.41, 5.74) is 0.176. The Morgan fingerprint density at radius 3 is 1.40 bits per heavy atom. The van der Waals surface area contributed by atoms with E-state index in [9.17, 15) is 24.0 Å². The van der Waals surface area contributed by atoms with E-state index in [0.29, 0.717) is 13.2 Å². The maximum Gasteiger partial charge on any atom is 0.330 e. The van der Waals surface area contributed by atoms with Gasteiger partial charge < -0.3 is 46.5 Å². The van der Waals surface area contributed by atoms with Crippen LogP contribution in [0.1, 0.15) is 40.5 Å². The molecule has 0 fully saturated rings. The lowest BCUT2D eigenvalue weighted by atomic mass is 10.4. The Bertz CT molecular complexity index is 686. The van der Waals surface area contributed by atoms with E-state index in [1.54, 1.807) is 6.92 Å². The van der Waals surface area contributed by atoms with Gasteiger partial charge in [-0.1, -0.05) is 46.2 Å². The largest absolute Gasteiger partial charge is 0.478 e. The molecule has 0 aromatic heterocycles. The average molecular weight is 581 g/mol. The number of carbonyl (C=O) groups excluding carboxylic acids is 3. The van der Waals surface area contributed by atoms with Crippen LogP contribution in [0.2, 0.25) is 0 Å². The smallest absolute Gasteiger partial charge is 0.330 e. The Kier molecular flexibility index (Phi) is 58.7. The van der Waals surface area contributed by atoms with Crippen LogP contribution >= 0.6 is 0 Å². The van der Waals surface area contributed by atoms with Crippen molar-refractivity contribution < 1.29 is 59.0 Å². The highest BCUT2D eigenvalue weighted by molar-refractivity contribution is 5.86. The molecule has 0 aromatic carbocycles. The number of amides is 1. The van der Waals surface area contributed by atoms with E-state index in [1.807, 2.05) is 6.92 Å². The third-order valence-corrected chi connectivity index (χ3v) is 2.60. The molecule has 1 unspecified atom stereocenters. The first-order chi connectivity index (χ1) is 18.1. The van der Waals surface area contributed by atoms with Crippen molar-refractivity contribution in [3.8, 4) is 0 Å². The molecule has 0 saturated carbocycles. The first kappa shape index (κ1) is 52.3. The highest BCUT2D eigenvalue weighted by Crippen LogP contribution is 1.88. The summed E-state index contributed by atoms with van der Waals surface area (Å²) in [7, 11) is 0. The number of hydrogen-bond donors (Lipinski definition) is 7. The van der Waals surface area contributed by atoms with Gasteiger partial charge in [0.2, 0.25) is 5.91 Å². The number of aliphatic hydroxyl groups is 3. The fraction of sp³-hybridized carbons (Fsp3) is 0.423. The normalized spacial score (nSPS) is 8.38. The van der Waals surface area contributed by atoms with Gasteiger partial charge in [0.15, 0.2) is 0 Å². The Labute approximate surface area is 236 Å². The number of carbonyl (C=O) groups is 5. The van der Waals surface area contributed by atoms with Gasteiger partial charge in [0.05, 0.1) is 25.9 Å². The predicted octanol–water partition coefficient (Wildman–Crippen LogP) is 1.92. The average Bonchev–Trinajstić information content (AvgIpc) is 2.90. The molecular weight excluding hydrogens is 532 g/mol. The molecule has 14 nitrogen and oxygen atoms in total. The minimum absolute atomic E-state index is 0. The van der Waals surface area contributed by atoms with Crippen molar-refractivity contribution >= 4 is 29.8 Å². The van der Waals surface area contributed by atoms with Gasteiger partial charge in [-0.25, -0.2) is 19.2 Å². The van der Waals surface area contributed by atoms with E-state index < -0.39 is 18.0 Å². The Morgan fingerprint density at radius 1 is 0.875 bits per heavy atom. The van der Waals surface area contributed by atoms with Gasteiger partial charge in [0, 0.05) is 23.8 Å². The number of unbranched alkanes of at least 4 members (excludes halogenated alkanes) is 1. The molecule has 14 heteroatoms. The fourth-order valence-electron chi connectivity index (χ4n) is 0.727. The van der Waals surface area contributed by atoms with Crippen LogP contribution in [-0.2, 0) is 33.4 Å². The third kappa shape index (κ3) is 84.0. The van der Waals surface area contributed by atoms with Gasteiger partial charge in [-0.15, -0.1) is 0 Å². The SMILES string of the molecule is C=C(C)C(=O)O.C=CC(=O)NCO.C=CC(=O)O.C=CC(=O)OCC.C=CC(=O)OCCCC.CC(O)CO.N. The lowest BCUT2D eigenvalue weighted by Gasteiger charge is -1.97. The zero-order chi connectivity index (χ0) is 32.2. The first-order valence-electron chi connectivity index (χ1n) is 11.2. The summed E-state index contributed by atoms with van der Waals surface area (Å²) in [5.74, 6) is -2.96. The number of rotatable bonds is 11. The van der Waals surface area contributed by atoms with Gasteiger partial charge in [-0.05, 0) is 33.3 Å². The number of nitrogens with one attached hydrogen (secondary N) is 1. The zero-order valence-electron chi connectivity index (χ0n) is 24.0. The number of carboxylic acids is 2. The Morgan fingerprint density at radius 2 is 1.25 bits per heavy atom. The molecule has 40 heavy (non-hydrogen) atoms. The van der Waals surface area contributed by atoms with Gasteiger partial charge in [0.25, 0.3) is 0 Å². The molecule has 0 aromatic rings. The van der Waals surface area contributed by atoms with Crippen LogP contribution in [0, 0.1) is 0 Å². The standard InChI is InChI=1S/C7H12O2.C5H8O2.C4H7NO2.C4H6O2.C3H8O2.C3H4O2.H3N/c1-3-5-6-9-7(8)4-2;1-3-5(6)7-4-2;1-2-4(7)5-3-6;1-3(2)4(5)6;1-3(5)2-4;1-2-3(4)5;/h4H,2-3,5-6H2,1H3;3H,1,4H2,2H3;2,6H,1,3H2,(H,5,7);1H2,2H3,(H,5,6);3-5H,2H2,1H3;2H,1H2,(H,4,5);1H3. The van der Waals surface area contributed by atoms with Crippen LogP contribution in [0.15, 0.2) is 62.8 Å². The summed E-state index contributed by atoms with van der Waals surface area (Å²) >= 11 is 0. The molecular formula is C26H48N2O12. The second-order valence-corrected chi connectivity index (χ2v) is 6.24. The second kappa shape index (κ2) is 44.9. The van der Waals surface area contributed by atoms with Crippen LogP contribution < -0.4 is 11.5 Å². The van der Waals surface area contributed by atoms with Crippen LogP contribution in [-0.4, -0.2) is 88.0 Å². The molecule has 0 spiro atoms. The maximum absolute atomic E-state index is 10.3. The van der Waals surface area contributed by atoms with Crippen LogP contribution in [0.3, 0.4) is 0 Å². The molecule has 234 valence electrons. The van der Waals surface area contributed by atoms with Crippen molar-refractivity contribution in [3.05, 3.63) is 62.8 Å². The number of carboxylic acid groups (broad SMARTS) is 2. The molecule has 0 saturated heterocycles. The monoisotopic (exact) mass is 580 g/mol. The number of aliphatic hydroxyl groups excluding tert-OH is 3. The molecule has 1 amide bonds. The third-order valence-electron chi connectivity index (χ3n) is 2.60. The zero-order valence-corrected chi connectivity index (χ0v) is 24.0. The lowest BCUT2D eigenvalue weighted by Crippen LogP contribution is -2.20. The summed E-state index contributed by atoms with van der Waals surface area (Å²) in [6.45, 7) is 23.0. The highest BCUT2D eigenvalue weighted by Gasteiger charge is 1.91. The number of esters is 2. The van der Waals surface area contributed by atoms with Crippen molar-refractivity contribution in [2.24, 2.45) is 0 Å². The molecule has 0 aliphatic heterocycles. The van der Waals surface area contributed by atoms with Gasteiger partial charge in [-0.3, -0.25) is 4.79 Å². The van der Waals surface area contributed by atoms with Gasteiger partial charge >= 0.3 is 23.9 Å². The number of ether oxygens (including phenoxy) is 2. The fourth-order valence-corrected chi connectivity index (χ4v) is 0.727. The van der Waals surface area contributed by atoms with E-state index in [2.05, 4.69) is 47.7 Å². The van der Waals surface area contributed by atoms with Crippen molar-refractivity contribution in [1.29, 1.82) is 0 Å². The minimum atomic E-state index is -0.981. The molecule has 0 bridgehead atoms. The Hall–Kier alpha value is -4.11. The number of aliphatic carboxylic acids is 2. The van der Waals surface area contributed by atoms with Crippen molar-refractivity contribution in [3.63, 3.8) is 0 Å². The summed E-state index contributed by atoms with van der Waals surface area (Å²) in [6, 6.07) is 0. The number of hydrogen-bond acceptors (Lipinski definition) is 11. The second-order valence-electron chi connectivity index (χ2n) is 6.24. The molecule has 9 N–H and O–H groups in total. The summed E-state index contributed by atoms with van der Waals surface area (Å²) in [4.78, 5) is 49.3. The van der Waals surface area contributed by atoms with E-state index in [4.69, 9.17) is 25.5 Å². The van der Waals surface area contributed by atoms with E-state index in [0.717, 1.165) is 31.1 Å². The first-order valence-corrected chi connectivity index (χ1v) is 11.2. The molecule has 0 radical (unpaired) electrons. The van der Waals surface area contributed by atoms with Crippen molar-refractivity contribution in [2.45, 2.75) is 46.6 Å².